The third-order valence-corrected chi connectivity index (χ3v) is 5.20. The number of carbonyl (C=O) groups is 1. The molecule has 0 spiro atoms. The maximum Gasteiger partial charge on any atom is 0.271 e. The van der Waals surface area contributed by atoms with Crippen LogP contribution in [0.5, 0.6) is 0 Å². The number of likely N-dealkylation sites (tertiary alicyclic amines) is 1. The lowest BCUT2D eigenvalue weighted by molar-refractivity contribution is -0.384. The molecule has 2 aromatic rings. The van der Waals surface area contributed by atoms with E-state index < -0.39 is 4.92 Å². The minimum absolute atomic E-state index is 0.0459. The quantitative estimate of drug-likeness (QED) is 0.572. The van der Waals surface area contributed by atoms with Crippen LogP contribution in [0.15, 0.2) is 42.5 Å². The zero-order chi connectivity index (χ0) is 19.4. The number of rotatable bonds is 5. The second-order valence-corrected chi connectivity index (χ2v) is 7.45. The first-order chi connectivity index (χ1) is 12.9. The number of piperidine rings is 1. The predicted octanol–water partition coefficient (Wildman–Crippen LogP) is 4.75. The largest absolute Gasteiger partial charge is 0.326 e. The summed E-state index contributed by atoms with van der Waals surface area (Å²) in [5.74, 6) is -0.300. The molecule has 1 atom stereocenters. The second kappa shape index (κ2) is 8.69. The monoisotopic (exact) mass is 407 g/mol. The van der Waals surface area contributed by atoms with Gasteiger partial charge < -0.3 is 5.32 Å². The van der Waals surface area contributed by atoms with E-state index in [-0.39, 0.29) is 17.5 Å². The van der Waals surface area contributed by atoms with E-state index in [1.807, 2.05) is 6.07 Å². The zero-order valence-corrected chi connectivity index (χ0v) is 16.0. The van der Waals surface area contributed by atoms with E-state index in [2.05, 4.69) is 10.2 Å². The Balaban J connectivity index is 1.62. The number of non-ortho nitro benzene ring substituents is 1. The number of nitrogens with one attached hydrogen (secondary N) is 1. The Morgan fingerprint density at radius 3 is 2.81 bits per heavy atom. The molecule has 0 saturated carbocycles. The SMILES string of the molecule is O=C(Nc1cccc([N+](=O)[O-])c1)[C@H]1CCCN(Cc2ccc(Cl)cc2Cl)C1. The Morgan fingerprint density at radius 2 is 2.07 bits per heavy atom. The standard InChI is InChI=1S/C19H19Cl2N3O3/c20-15-7-6-13(18(21)9-15)11-23-8-2-3-14(12-23)19(25)22-16-4-1-5-17(10-16)24(26)27/h1,4-7,9-10,14H,2-3,8,11-12H2,(H,22,25)/t14-/m0/s1. The second-order valence-electron chi connectivity index (χ2n) is 6.61. The van der Waals surface area contributed by atoms with Crippen LogP contribution in [-0.4, -0.2) is 28.8 Å². The van der Waals surface area contributed by atoms with Gasteiger partial charge in [0.15, 0.2) is 0 Å². The molecule has 1 fully saturated rings. The molecule has 1 saturated heterocycles. The molecule has 0 bridgehead atoms. The number of amides is 1. The molecule has 8 heteroatoms. The number of nitro groups is 1. The molecule has 0 aromatic heterocycles. The molecule has 0 aliphatic carbocycles. The summed E-state index contributed by atoms with van der Waals surface area (Å²) < 4.78 is 0. The topological polar surface area (TPSA) is 75.5 Å². The van der Waals surface area contributed by atoms with E-state index in [4.69, 9.17) is 23.2 Å². The fourth-order valence-corrected chi connectivity index (χ4v) is 3.71. The highest BCUT2D eigenvalue weighted by Gasteiger charge is 2.26. The molecular weight excluding hydrogens is 389 g/mol. The highest BCUT2D eigenvalue weighted by atomic mass is 35.5. The fourth-order valence-electron chi connectivity index (χ4n) is 3.25. The van der Waals surface area contributed by atoms with E-state index in [1.165, 1.54) is 12.1 Å². The summed E-state index contributed by atoms with van der Waals surface area (Å²) >= 11 is 12.2. The van der Waals surface area contributed by atoms with Crippen molar-refractivity contribution in [1.82, 2.24) is 4.90 Å². The number of nitro benzene ring substituents is 1. The van der Waals surface area contributed by atoms with Gasteiger partial charge in [0.05, 0.1) is 10.8 Å². The van der Waals surface area contributed by atoms with Crippen molar-refractivity contribution in [2.24, 2.45) is 5.92 Å². The summed E-state index contributed by atoms with van der Waals surface area (Å²) in [5.41, 5.74) is 1.36. The van der Waals surface area contributed by atoms with Crippen LogP contribution in [0.2, 0.25) is 10.0 Å². The molecule has 1 heterocycles. The number of hydrogen-bond donors (Lipinski definition) is 1. The van der Waals surface area contributed by atoms with Gasteiger partial charge in [-0.15, -0.1) is 0 Å². The van der Waals surface area contributed by atoms with Crippen molar-refractivity contribution in [2.45, 2.75) is 19.4 Å². The number of halogens is 2. The molecule has 0 radical (unpaired) electrons. The van der Waals surface area contributed by atoms with Gasteiger partial charge in [-0.25, -0.2) is 0 Å². The Bertz CT molecular complexity index is 860. The summed E-state index contributed by atoms with van der Waals surface area (Å²) in [6, 6.07) is 11.4. The molecule has 1 amide bonds. The third kappa shape index (κ3) is 5.19. The number of hydrogen-bond acceptors (Lipinski definition) is 4. The molecule has 3 rings (SSSR count). The van der Waals surface area contributed by atoms with Crippen LogP contribution in [0.4, 0.5) is 11.4 Å². The number of carbonyl (C=O) groups excluding carboxylic acids is 1. The molecule has 2 aromatic carbocycles. The molecule has 0 unspecified atom stereocenters. The van der Waals surface area contributed by atoms with E-state index in [1.54, 1.807) is 24.3 Å². The number of nitrogens with zero attached hydrogens (tertiary/aromatic N) is 2. The third-order valence-electron chi connectivity index (χ3n) is 4.61. The van der Waals surface area contributed by atoms with Crippen molar-refractivity contribution >= 4 is 40.5 Å². The van der Waals surface area contributed by atoms with Crippen LogP contribution in [0.25, 0.3) is 0 Å². The highest BCUT2D eigenvalue weighted by Crippen LogP contribution is 2.26. The Kier molecular flexibility index (Phi) is 6.31. The molecule has 27 heavy (non-hydrogen) atoms. The van der Waals surface area contributed by atoms with Crippen LogP contribution in [0.3, 0.4) is 0 Å². The van der Waals surface area contributed by atoms with Crippen molar-refractivity contribution in [3.63, 3.8) is 0 Å². The minimum Gasteiger partial charge on any atom is -0.326 e. The van der Waals surface area contributed by atoms with Gasteiger partial charge in [-0.1, -0.05) is 35.3 Å². The van der Waals surface area contributed by atoms with Crippen LogP contribution >= 0.6 is 23.2 Å². The summed E-state index contributed by atoms with van der Waals surface area (Å²) in [6.07, 6.45) is 1.68. The lowest BCUT2D eigenvalue weighted by Crippen LogP contribution is -2.40. The highest BCUT2D eigenvalue weighted by molar-refractivity contribution is 6.35. The summed E-state index contributed by atoms with van der Waals surface area (Å²) in [6.45, 7) is 2.15. The van der Waals surface area contributed by atoms with Gasteiger partial charge >= 0.3 is 0 Å². The van der Waals surface area contributed by atoms with Gasteiger partial charge in [-0.2, -0.15) is 0 Å². The fraction of sp³-hybridized carbons (Fsp3) is 0.316. The molecule has 1 N–H and O–H groups in total. The summed E-state index contributed by atoms with van der Waals surface area (Å²) in [5, 5.41) is 14.9. The maximum absolute atomic E-state index is 12.6. The molecule has 142 valence electrons. The van der Waals surface area contributed by atoms with Gasteiger partial charge in [0.2, 0.25) is 5.91 Å². The van der Waals surface area contributed by atoms with Gasteiger partial charge in [0, 0.05) is 41.0 Å². The minimum atomic E-state index is -0.478. The Hall–Kier alpha value is -2.15. The van der Waals surface area contributed by atoms with E-state index >= 15 is 0 Å². The molecular formula is C19H19Cl2N3O3. The van der Waals surface area contributed by atoms with Crippen molar-refractivity contribution < 1.29 is 9.72 Å². The zero-order valence-electron chi connectivity index (χ0n) is 14.5. The van der Waals surface area contributed by atoms with E-state index in [0.29, 0.717) is 28.8 Å². The average Bonchev–Trinajstić information content (AvgIpc) is 2.64. The first-order valence-corrected chi connectivity index (χ1v) is 9.39. The van der Waals surface area contributed by atoms with Crippen LogP contribution in [0, 0.1) is 16.0 Å². The van der Waals surface area contributed by atoms with Gasteiger partial charge in [0.1, 0.15) is 0 Å². The van der Waals surface area contributed by atoms with Gasteiger partial charge in [-0.3, -0.25) is 19.8 Å². The van der Waals surface area contributed by atoms with Crippen LogP contribution in [0.1, 0.15) is 18.4 Å². The lowest BCUT2D eigenvalue weighted by Gasteiger charge is -2.32. The predicted molar refractivity (Wildman–Crippen MR) is 106 cm³/mol. The van der Waals surface area contributed by atoms with Crippen molar-refractivity contribution in [2.75, 3.05) is 18.4 Å². The number of benzene rings is 2. The normalized spacial score (nSPS) is 17.5. The van der Waals surface area contributed by atoms with Crippen molar-refractivity contribution in [3.8, 4) is 0 Å². The summed E-state index contributed by atoms with van der Waals surface area (Å²) in [7, 11) is 0. The summed E-state index contributed by atoms with van der Waals surface area (Å²) in [4.78, 5) is 25.2. The van der Waals surface area contributed by atoms with Crippen molar-refractivity contribution in [1.29, 1.82) is 0 Å². The van der Waals surface area contributed by atoms with Crippen LogP contribution < -0.4 is 5.32 Å². The average molecular weight is 408 g/mol. The smallest absolute Gasteiger partial charge is 0.271 e. The van der Waals surface area contributed by atoms with E-state index in [9.17, 15) is 14.9 Å². The molecule has 6 nitrogen and oxygen atoms in total. The maximum atomic E-state index is 12.6. The Morgan fingerprint density at radius 1 is 1.26 bits per heavy atom. The van der Waals surface area contributed by atoms with Gasteiger partial charge in [0.25, 0.3) is 5.69 Å². The molecule has 1 aliphatic rings. The van der Waals surface area contributed by atoms with Crippen molar-refractivity contribution in [3.05, 3.63) is 68.2 Å². The first-order valence-electron chi connectivity index (χ1n) is 8.64. The van der Waals surface area contributed by atoms with Gasteiger partial charge in [-0.05, 0) is 43.1 Å². The number of anilines is 1. The molecule has 1 aliphatic heterocycles. The van der Waals surface area contributed by atoms with Crippen LogP contribution in [-0.2, 0) is 11.3 Å². The Labute approximate surface area is 167 Å². The first kappa shape index (κ1) is 19.6. The van der Waals surface area contributed by atoms with E-state index in [0.717, 1.165) is 24.9 Å². The lowest BCUT2D eigenvalue weighted by atomic mass is 9.96.